The standard InChI is InChI=1S/C29H27NO6/c1-2-33-16-17-34-26-14-10-24-20-27(15-11-23(24)19-26)35-25-12-8-21(9-13-25)18-28(31)30-36-29(32)22-6-4-3-5-7-22/h3-15,19-20H,2,16-18H2,1H3,(H,30,31). The van der Waals surface area contributed by atoms with Crippen molar-refractivity contribution in [2.45, 2.75) is 13.3 Å². The summed E-state index contributed by atoms with van der Waals surface area (Å²) >= 11 is 0. The predicted octanol–water partition coefficient (Wildman–Crippen LogP) is 5.48. The summed E-state index contributed by atoms with van der Waals surface area (Å²) < 4.78 is 17.0. The molecular weight excluding hydrogens is 458 g/mol. The molecule has 0 atom stereocenters. The molecule has 0 fully saturated rings. The molecule has 0 aliphatic carbocycles. The summed E-state index contributed by atoms with van der Waals surface area (Å²) in [5.41, 5.74) is 3.30. The van der Waals surface area contributed by atoms with E-state index in [2.05, 4.69) is 5.48 Å². The van der Waals surface area contributed by atoms with Crippen molar-refractivity contribution in [1.82, 2.24) is 5.48 Å². The number of ether oxygens (including phenoxy) is 3. The molecule has 0 aliphatic heterocycles. The van der Waals surface area contributed by atoms with Gasteiger partial charge >= 0.3 is 5.97 Å². The third-order valence-corrected chi connectivity index (χ3v) is 5.27. The minimum absolute atomic E-state index is 0.0628. The first-order valence-electron chi connectivity index (χ1n) is 11.7. The molecule has 184 valence electrons. The zero-order chi connectivity index (χ0) is 25.2. The van der Waals surface area contributed by atoms with Gasteiger partial charge in [0.1, 0.15) is 23.9 Å². The monoisotopic (exact) mass is 485 g/mol. The van der Waals surface area contributed by atoms with E-state index in [4.69, 9.17) is 19.0 Å². The fourth-order valence-corrected chi connectivity index (χ4v) is 3.49. The molecule has 0 heterocycles. The van der Waals surface area contributed by atoms with Gasteiger partial charge in [-0.1, -0.05) is 42.5 Å². The van der Waals surface area contributed by atoms with Gasteiger partial charge in [0.15, 0.2) is 0 Å². The van der Waals surface area contributed by atoms with Gasteiger partial charge in [0, 0.05) is 6.61 Å². The largest absolute Gasteiger partial charge is 0.491 e. The van der Waals surface area contributed by atoms with E-state index in [1.54, 1.807) is 54.6 Å². The third kappa shape index (κ3) is 7.07. The molecule has 0 spiro atoms. The van der Waals surface area contributed by atoms with Crippen molar-refractivity contribution in [2.75, 3.05) is 19.8 Å². The number of carbonyl (C=O) groups excluding carboxylic acids is 2. The Balaban J connectivity index is 1.28. The van der Waals surface area contributed by atoms with E-state index in [1.807, 2.05) is 43.3 Å². The predicted molar refractivity (Wildman–Crippen MR) is 136 cm³/mol. The zero-order valence-corrected chi connectivity index (χ0v) is 19.9. The van der Waals surface area contributed by atoms with E-state index in [1.165, 1.54) is 0 Å². The average Bonchev–Trinajstić information content (AvgIpc) is 2.91. The van der Waals surface area contributed by atoms with Gasteiger partial charge in [0.2, 0.25) is 0 Å². The Kier molecular flexibility index (Phi) is 8.51. The van der Waals surface area contributed by atoms with Gasteiger partial charge < -0.3 is 19.0 Å². The van der Waals surface area contributed by atoms with Crippen LogP contribution in [-0.4, -0.2) is 31.7 Å². The molecule has 0 unspecified atom stereocenters. The van der Waals surface area contributed by atoms with Crippen LogP contribution in [0, 0.1) is 0 Å². The molecule has 1 N–H and O–H groups in total. The van der Waals surface area contributed by atoms with Gasteiger partial charge in [-0.3, -0.25) is 4.79 Å². The number of hydrogen-bond donors (Lipinski definition) is 1. The molecule has 4 rings (SSSR count). The number of fused-ring (bicyclic) bond motifs is 1. The van der Waals surface area contributed by atoms with E-state index in [0.717, 1.165) is 22.1 Å². The fraction of sp³-hybridized carbons (Fsp3) is 0.172. The van der Waals surface area contributed by atoms with Gasteiger partial charge in [0.05, 0.1) is 18.6 Å². The van der Waals surface area contributed by atoms with Gasteiger partial charge in [-0.05, 0) is 71.8 Å². The molecule has 0 aliphatic rings. The van der Waals surface area contributed by atoms with E-state index < -0.39 is 11.9 Å². The average molecular weight is 486 g/mol. The first-order chi connectivity index (χ1) is 17.6. The number of hydrogen-bond acceptors (Lipinski definition) is 6. The van der Waals surface area contributed by atoms with Crippen molar-refractivity contribution in [3.8, 4) is 17.2 Å². The van der Waals surface area contributed by atoms with Crippen LogP contribution >= 0.6 is 0 Å². The minimum Gasteiger partial charge on any atom is -0.491 e. The van der Waals surface area contributed by atoms with Gasteiger partial charge in [-0.25, -0.2) is 4.79 Å². The Labute approximate surface area is 209 Å². The highest BCUT2D eigenvalue weighted by Gasteiger charge is 2.10. The van der Waals surface area contributed by atoms with Crippen LogP contribution < -0.4 is 15.0 Å². The van der Waals surface area contributed by atoms with E-state index in [0.29, 0.717) is 36.9 Å². The lowest BCUT2D eigenvalue weighted by Crippen LogP contribution is -2.28. The number of amides is 1. The van der Waals surface area contributed by atoms with E-state index >= 15 is 0 Å². The maximum Gasteiger partial charge on any atom is 0.362 e. The highest BCUT2D eigenvalue weighted by atomic mass is 16.7. The maximum atomic E-state index is 12.1. The SMILES string of the molecule is CCOCCOc1ccc2cc(Oc3ccc(CC(=O)NOC(=O)c4ccccc4)cc3)ccc2c1. The van der Waals surface area contributed by atoms with Gasteiger partial charge in [-0.2, -0.15) is 5.48 Å². The van der Waals surface area contributed by atoms with Crippen molar-refractivity contribution in [2.24, 2.45) is 0 Å². The van der Waals surface area contributed by atoms with Crippen molar-refractivity contribution in [3.05, 3.63) is 102 Å². The minimum atomic E-state index is -0.617. The molecular formula is C29H27NO6. The number of nitrogens with one attached hydrogen (secondary N) is 1. The van der Waals surface area contributed by atoms with Crippen LogP contribution in [0.1, 0.15) is 22.8 Å². The van der Waals surface area contributed by atoms with Gasteiger partial charge in [-0.15, -0.1) is 0 Å². The highest BCUT2D eigenvalue weighted by molar-refractivity contribution is 5.90. The smallest absolute Gasteiger partial charge is 0.362 e. The van der Waals surface area contributed by atoms with Crippen molar-refractivity contribution in [1.29, 1.82) is 0 Å². The number of hydroxylamine groups is 1. The molecule has 7 nitrogen and oxygen atoms in total. The lowest BCUT2D eigenvalue weighted by molar-refractivity contribution is -0.129. The highest BCUT2D eigenvalue weighted by Crippen LogP contribution is 2.28. The summed E-state index contributed by atoms with van der Waals surface area (Å²) in [6.45, 7) is 3.70. The topological polar surface area (TPSA) is 83.1 Å². The summed E-state index contributed by atoms with van der Waals surface area (Å²) in [5.74, 6) is 1.10. The molecule has 0 radical (unpaired) electrons. The molecule has 0 aromatic heterocycles. The van der Waals surface area contributed by atoms with Crippen LogP contribution in [0.2, 0.25) is 0 Å². The zero-order valence-electron chi connectivity index (χ0n) is 19.9. The molecule has 0 saturated carbocycles. The van der Waals surface area contributed by atoms with Crippen molar-refractivity contribution in [3.63, 3.8) is 0 Å². The molecule has 0 saturated heterocycles. The number of carbonyl (C=O) groups is 2. The summed E-state index contributed by atoms with van der Waals surface area (Å²) in [4.78, 5) is 28.9. The summed E-state index contributed by atoms with van der Waals surface area (Å²) in [5, 5.41) is 2.08. The molecule has 1 amide bonds. The second-order valence-electron chi connectivity index (χ2n) is 7.92. The van der Waals surface area contributed by atoms with Gasteiger partial charge in [0.25, 0.3) is 5.91 Å². The molecule has 4 aromatic rings. The molecule has 0 bridgehead atoms. The Hall–Kier alpha value is -4.36. The van der Waals surface area contributed by atoms with Crippen LogP contribution in [-0.2, 0) is 20.8 Å². The Morgan fingerprint density at radius 2 is 1.42 bits per heavy atom. The van der Waals surface area contributed by atoms with Crippen LogP contribution in [0.5, 0.6) is 17.2 Å². The third-order valence-electron chi connectivity index (χ3n) is 5.27. The second-order valence-corrected chi connectivity index (χ2v) is 7.92. The summed E-state index contributed by atoms with van der Waals surface area (Å²) in [7, 11) is 0. The molecule has 4 aromatic carbocycles. The van der Waals surface area contributed by atoms with Crippen LogP contribution in [0.4, 0.5) is 0 Å². The van der Waals surface area contributed by atoms with Crippen molar-refractivity contribution < 1.29 is 28.6 Å². The first-order valence-corrected chi connectivity index (χ1v) is 11.7. The van der Waals surface area contributed by atoms with E-state index in [9.17, 15) is 9.59 Å². The van der Waals surface area contributed by atoms with Crippen LogP contribution in [0.25, 0.3) is 10.8 Å². The quantitative estimate of drug-likeness (QED) is 0.237. The lowest BCUT2D eigenvalue weighted by atomic mass is 10.1. The number of rotatable bonds is 10. The Morgan fingerprint density at radius 3 is 2.14 bits per heavy atom. The normalized spacial score (nSPS) is 10.6. The maximum absolute atomic E-state index is 12.1. The van der Waals surface area contributed by atoms with Crippen LogP contribution in [0.15, 0.2) is 91.0 Å². The second kappa shape index (κ2) is 12.4. The fourth-order valence-electron chi connectivity index (χ4n) is 3.49. The first kappa shape index (κ1) is 24.8. The summed E-state index contributed by atoms with van der Waals surface area (Å²) in [6.07, 6.45) is 0.0628. The molecule has 36 heavy (non-hydrogen) atoms. The van der Waals surface area contributed by atoms with Crippen LogP contribution in [0.3, 0.4) is 0 Å². The number of benzene rings is 4. The Bertz CT molecular complexity index is 1300. The van der Waals surface area contributed by atoms with E-state index in [-0.39, 0.29) is 6.42 Å². The Morgan fingerprint density at radius 1 is 0.750 bits per heavy atom. The summed E-state index contributed by atoms with van der Waals surface area (Å²) in [6, 6.07) is 27.4. The lowest BCUT2D eigenvalue weighted by Gasteiger charge is -2.10. The van der Waals surface area contributed by atoms with Crippen molar-refractivity contribution >= 4 is 22.6 Å². The molecule has 7 heteroatoms.